The minimum atomic E-state index is -0.0479. The molecule has 98 valence electrons. The zero-order valence-electron chi connectivity index (χ0n) is 12.2. The van der Waals surface area contributed by atoms with Crippen LogP contribution < -0.4 is 5.73 Å². The van der Waals surface area contributed by atoms with E-state index in [4.69, 9.17) is 5.73 Å². The standard InChI is InChI=1S/C15H28N2/c1-7-9-15(5,6)13(17)10-12(11-16)14(3,4)8-2/h7,9,12-13H,8,10,17H2,1-6H3. The summed E-state index contributed by atoms with van der Waals surface area (Å²) in [5.41, 5.74) is 6.26. The average Bonchev–Trinajstić information content (AvgIpc) is 2.24. The van der Waals surface area contributed by atoms with Gasteiger partial charge in [-0.3, -0.25) is 0 Å². The normalized spacial score (nSPS) is 16.8. The summed E-state index contributed by atoms with van der Waals surface area (Å²) in [4.78, 5) is 0. The smallest absolute Gasteiger partial charge is 0.0662 e. The van der Waals surface area contributed by atoms with E-state index >= 15 is 0 Å². The van der Waals surface area contributed by atoms with E-state index in [0.29, 0.717) is 0 Å². The number of hydrogen-bond acceptors (Lipinski definition) is 2. The topological polar surface area (TPSA) is 49.8 Å². The van der Waals surface area contributed by atoms with Crippen LogP contribution in [0.15, 0.2) is 12.2 Å². The summed E-state index contributed by atoms with van der Waals surface area (Å²) >= 11 is 0. The van der Waals surface area contributed by atoms with Crippen molar-refractivity contribution in [3.63, 3.8) is 0 Å². The summed E-state index contributed by atoms with van der Waals surface area (Å²) in [6.45, 7) is 12.7. The molecule has 0 aliphatic heterocycles. The number of rotatable bonds is 6. The van der Waals surface area contributed by atoms with Gasteiger partial charge in [0.25, 0.3) is 0 Å². The van der Waals surface area contributed by atoms with Gasteiger partial charge in [0.1, 0.15) is 0 Å². The highest BCUT2D eigenvalue weighted by atomic mass is 14.7. The number of nitrogens with two attached hydrogens (primary N) is 1. The van der Waals surface area contributed by atoms with Gasteiger partial charge in [-0.1, -0.05) is 46.8 Å². The quantitative estimate of drug-likeness (QED) is 0.711. The lowest BCUT2D eigenvalue weighted by molar-refractivity contribution is 0.205. The summed E-state index contributed by atoms with van der Waals surface area (Å²) in [5.74, 6) is 0.0204. The Kier molecular flexibility index (Phi) is 5.92. The molecule has 17 heavy (non-hydrogen) atoms. The van der Waals surface area contributed by atoms with E-state index in [1.807, 2.05) is 13.0 Å². The number of allylic oxidation sites excluding steroid dienone is 1. The molecule has 0 aliphatic carbocycles. The summed E-state index contributed by atoms with van der Waals surface area (Å²) in [6.07, 6.45) is 5.92. The van der Waals surface area contributed by atoms with Gasteiger partial charge in [0, 0.05) is 6.04 Å². The van der Waals surface area contributed by atoms with Crippen molar-refractivity contribution in [1.82, 2.24) is 0 Å². The monoisotopic (exact) mass is 236 g/mol. The molecule has 2 nitrogen and oxygen atoms in total. The maximum Gasteiger partial charge on any atom is 0.0662 e. The van der Waals surface area contributed by atoms with Gasteiger partial charge in [0.05, 0.1) is 12.0 Å². The Morgan fingerprint density at radius 3 is 2.18 bits per heavy atom. The van der Waals surface area contributed by atoms with Crippen LogP contribution in [0.2, 0.25) is 0 Å². The predicted octanol–water partition coefficient (Wildman–Crippen LogP) is 3.88. The van der Waals surface area contributed by atoms with Gasteiger partial charge in [-0.25, -0.2) is 0 Å². The van der Waals surface area contributed by atoms with Gasteiger partial charge in [-0.2, -0.15) is 5.26 Å². The molecule has 0 radical (unpaired) electrons. The number of nitriles is 1. The fourth-order valence-electron chi connectivity index (χ4n) is 1.90. The maximum atomic E-state index is 9.31. The van der Waals surface area contributed by atoms with Gasteiger partial charge in [0.15, 0.2) is 0 Å². The van der Waals surface area contributed by atoms with Crippen molar-refractivity contribution in [2.75, 3.05) is 0 Å². The average molecular weight is 236 g/mol. The summed E-state index contributed by atoms with van der Waals surface area (Å²) in [6, 6.07) is 2.46. The van der Waals surface area contributed by atoms with E-state index in [9.17, 15) is 5.26 Å². The molecule has 0 fully saturated rings. The molecule has 2 unspecified atom stereocenters. The molecule has 0 heterocycles. The van der Waals surface area contributed by atoms with Gasteiger partial charge < -0.3 is 5.73 Å². The highest BCUT2D eigenvalue weighted by molar-refractivity contribution is 5.03. The lowest BCUT2D eigenvalue weighted by Crippen LogP contribution is -2.40. The highest BCUT2D eigenvalue weighted by Crippen LogP contribution is 2.36. The van der Waals surface area contributed by atoms with Crippen molar-refractivity contribution < 1.29 is 0 Å². The van der Waals surface area contributed by atoms with Crippen molar-refractivity contribution in [2.45, 2.75) is 60.4 Å². The fraction of sp³-hybridized carbons (Fsp3) is 0.800. The van der Waals surface area contributed by atoms with Crippen LogP contribution in [0.5, 0.6) is 0 Å². The molecule has 0 rings (SSSR count). The molecule has 0 aromatic carbocycles. The van der Waals surface area contributed by atoms with Crippen molar-refractivity contribution in [1.29, 1.82) is 5.26 Å². The molecule has 0 bridgehead atoms. The lowest BCUT2D eigenvalue weighted by atomic mass is 9.71. The Morgan fingerprint density at radius 1 is 1.29 bits per heavy atom. The van der Waals surface area contributed by atoms with E-state index in [0.717, 1.165) is 12.8 Å². The first-order valence-corrected chi connectivity index (χ1v) is 6.50. The van der Waals surface area contributed by atoms with E-state index < -0.39 is 0 Å². The third-order valence-corrected chi connectivity index (χ3v) is 4.05. The van der Waals surface area contributed by atoms with Crippen LogP contribution in [0, 0.1) is 28.1 Å². The molecule has 0 aliphatic rings. The summed E-state index contributed by atoms with van der Waals surface area (Å²) in [5, 5.41) is 9.31. The Morgan fingerprint density at radius 2 is 1.82 bits per heavy atom. The molecular formula is C15H28N2. The minimum Gasteiger partial charge on any atom is -0.327 e. The summed E-state index contributed by atoms with van der Waals surface area (Å²) in [7, 11) is 0. The van der Waals surface area contributed by atoms with Crippen LogP contribution in [-0.4, -0.2) is 6.04 Å². The molecule has 0 saturated carbocycles. The molecule has 2 atom stereocenters. The lowest BCUT2D eigenvalue weighted by Gasteiger charge is -2.35. The Balaban J connectivity index is 4.77. The van der Waals surface area contributed by atoms with E-state index in [1.54, 1.807) is 0 Å². The Hall–Kier alpha value is -0.810. The molecule has 0 saturated heterocycles. The van der Waals surface area contributed by atoms with E-state index in [1.165, 1.54) is 0 Å². The van der Waals surface area contributed by atoms with Crippen molar-refractivity contribution in [2.24, 2.45) is 22.5 Å². The zero-order valence-corrected chi connectivity index (χ0v) is 12.2. The largest absolute Gasteiger partial charge is 0.327 e. The predicted molar refractivity (Wildman–Crippen MR) is 74.4 cm³/mol. The first-order chi connectivity index (χ1) is 7.71. The van der Waals surface area contributed by atoms with Crippen molar-refractivity contribution >= 4 is 0 Å². The second kappa shape index (κ2) is 6.21. The van der Waals surface area contributed by atoms with Crippen LogP contribution in [0.4, 0.5) is 0 Å². The first-order valence-electron chi connectivity index (χ1n) is 6.50. The molecule has 0 spiro atoms. The molecule has 0 aromatic heterocycles. The van der Waals surface area contributed by atoms with Crippen LogP contribution >= 0.6 is 0 Å². The Labute approximate surface area is 107 Å². The molecular weight excluding hydrogens is 208 g/mol. The van der Waals surface area contributed by atoms with Crippen LogP contribution in [-0.2, 0) is 0 Å². The number of hydrogen-bond donors (Lipinski definition) is 1. The van der Waals surface area contributed by atoms with Crippen molar-refractivity contribution in [3.8, 4) is 6.07 Å². The highest BCUT2D eigenvalue weighted by Gasteiger charge is 2.33. The third kappa shape index (κ3) is 4.52. The molecule has 0 aromatic rings. The number of nitrogens with zero attached hydrogens (tertiary/aromatic N) is 1. The second-order valence-electron chi connectivity index (χ2n) is 6.19. The maximum absolute atomic E-state index is 9.31. The molecule has 0 amide bonds. The van der Waals surface area contributed by atoms with Gasteiger partial charge in [-0.05, 0) is 30.6 Å². The fourth-order valence-corrected chi connectivity index (χ4v) is 1.90. The van der Waals surface area contributed by atoms with Gasteiger partial charge in [-0.15, -0.1) is 0 Å². The van der Waals surface area contributed by atoms with Crippen molar-refractivity contribution in [3.05, 3.63) is 12.2 Å². The van der Waals surface area contributed by atoms with Gasteiger partial charge in [0.2, 0.25) is 0 Å². The van der Waals surface area contributed by atoms with Gasteiger partial charge >= 0.3 is 0 Å². The molecule has 2 heteroatoms. The molecule has 2 N–H and O–H groups in total. The Bertz CT molecular complexity index is 295. The van der Waals surface area contributed by atoms with E-state index in [2.05, 4.69) is 46.8 Å². The van der Waals surface area contributed by atoms with Crippen LogP contribution in [0.25, 0.3) is 0 Å². The van der Waals surface area contributed by atoms with E-state index in [-0.39, 0.29) is 22.8 Å². The first kappa shape index (κ1) is 16.2. The summed E-state index contributed by atoms with van der Waals surface area (Å²) < 4.78 is 0. The second-order valence-corrected chi connectivity index (χ2v) is 6.19. The minimum absolute atomic E-state index is 0.0204. The zero-order chi connectivity index (χ0) is 13.7. The van der Waals surface area contributed by atoms with Crippen LogP contribution in [0.3, 0.4) is 0 Å². The van der Waals surface area contributed by atoms with Crippen LogP contribution in [0.1, 0.15) is 54.4 Å². The third-order valence-electron chi connectivity index (χ3n) is 4.05. The SMILES string of the molecule is CC=CC(C)(C)C(N)CC(C#N)C(C)(C)CC.